The van der Waals surface area contributed by atoms with E-state index in [2.05, 4.69) is 0 Å². The van der Waals surface area contributed by atoms with Crippen LogP contribution in [0.5, 0.6) is 0 Å². The molecule has 0 aliphatic carbocycles. The van der Waals surface area contributed by atoms with E-state index >= 15 is 0 Å². The zero-order chi connectivity index (χ0) is 13.5. The number of carboxylic acids is 1. The minimum absolute atomic E-state index is 0.0529. The van der Waals surface area contributed by atoms with Gasteiger partial charge in [0.15, 0.2) is 0 Å². The van der Waals surface area contributed by atoms with Gasteiger partial charge < -0.3 is 15.7 Å². The fourth-order valence-corrected chi connectivity index (χ4v) is 2.27. The first-order valence-electron chi connectivity index (χ1n) is 6.51. The van der Waals surface area contributed by atoms with Gasteiger partial charge in [-0.2, -0.15) is 0 Å². The summed E-state index contributed by atoms with van der Waals surface area (Å²) in [5.74, 6) is -0.782. The van der Waals surface area contributed by atoms with Crippen LogP contribution in [0.15, 0.2) is 0 Å². The molecule has 1 atom stereocenters. The van der Waals surface area contributed by atoms with Crippen molar-refractivity contribution in [2.24, 2.45) is 11.7 Å². The predicted molar refractivity (Wildman–Crippen MR) is 68.1 cm³/mol. The van der Waals surface area contributed by atoms with E-state index in [0.29, 0.717) is 32.7 Å². The van der Waals surface area contributed by atoms with Crippen molar-refractivity contribution in [3.05, 3.63) is 0 Å². The molecule has 1 aliphatic heterocycles. The number of nitrogens with zero attached hydrogens (tertiary/aromatic N) is 2. The van der Waals surface area contributed by atoms with Crippen molar-refractivity contribution in [2.75, 3.05) is 39.3 Å². The predicted octanol–water partition coefficient (Wildman–Crippen LogP) is -0.410. The van der Waals surface area contributed by atoms with E-state index in [9.17, 15) is 9.59 Å². The van der Waals surface area contributed by atoms with Gasteiger partial charge in [-0.25, -0.2) is 0 Å². The van der Waals surface area contributed by atoms with E-state index in [-0.39, 0.29) is 18.4 Å². The van der Waals surface area contributed by atoms with Crippen molar-refractivity contribution in [3.63, 3.8) is 0 Å². The van der Waals surface area contributed by atoms with Gasteiger partial charge in [0.25, 0.3) is 0 Å². The molecule has 1 amide bonds. The second-order valence-electron chi connectivity index (χ2n) is 4.72. The maximum atomic E-state index is 12.2. The largest absolute Gasteiger partial charge is 0.480 e. The van der Waals surface area contributed by atoms with E-state index in [1.54, 1.807) is 0 Å². The maximum absolute atomic E-state index is 12.2. The lowest BCUT2D eigenvalue weighted by atomic mass is 10.0. The molecule has 1 heterocycles. The number of aliphatic carboxylic acids is 1. The molecule has 0 aromatic carbocycles. The Hall–Kier alpha value is -1.14. The highest BCUT2D eigenvalue weighted by molar-refractivity contribution is 5.79. The van der Waals surface area contributed by atoms with Gasteiger partial charge in [-0.3, -0.25) is 14.5 Å². The van der Waals surface area contributed by atoms with Gasteiger partial charge in [-0.05, 0) is 6.42 Å². The van der Waals surface area contributed by atoms with Gasteiger partial charge >= 0.3 is 5.97 Å². The van der Waals surface area contributed by atoms with Gasteiger partial charge in [0, 0.05) is 32.7 Å². The fourth-order valence-electron chi connectivity index (χ4n) is 2.27. The van der Waals surface area contributed by atoms with Crippen molar-refractivity contribution in [2.45, 2.75) is 19.8 Å². The summed E-state index contributed by atoms with van der Waals surface area (Å²) in [6.45, 7) is 4.95. The summed E-state index contributed by atoms with van der Waals surface area (Å²) in [5.41, 5.74) is 5.62. The normalized spacial score (nSPS) is 18.7. The second-order valence-corrected chi connectivity index (χ2v) is 4.72. The fraction of sp³-hybridized carbons (Fsp3) is 0.833. The van der Waals surface area contributed by atoms with Gasteiger partial charge in [0.05, 0.1) is 12.5 Å². The van der Waals surface area contributed by atoms with Gasteiger partial charge in [0.2, 0.25) is 5.91 Å². The van der Waals surface area contributed by atoms with Crippen LogP contribution in [0, 0.1) is 5.92 Å². The lowest BCUT2D eigenvalue weighted by molar-refractivity contribution is -0.140. The van der Waals surface area contributed by atoms with E-state index in [0.717, 1.165) is 12.8 Å². The minimum atomic E-state index is -0.819. The average molecular weight is 257 g/mol. The Balaban J connectivity index is 2.41. The molecule has 18 heavy (non-hydrogen) atoms. The summed E-state index contributed by atoms with van der Waals surface area (Å²) in [5, 5.41) is 8.70. The molecule has 0 bridgehead atoms. The highest BCUT2D eigenvalue weighted by Crippen LogP contribution is 2.11. The first kappa shape index (κ1) is 14.9. The number of hydrogen-bond acceptors (Lipinski definition) is 4. The molecule has 1 saturated heterocycles. The number of hydrogen-bond donors (Lipinski definition) is 2. The number of carbonyl (C=O) groups excluding carboxylic acids is 1. The first-order valence-corrected chi connectivity index (χ1v) is 6.51. The second kappa shape index (κ2) is 7.33. The van der Waals surface area contributed by atoms with Crippen molar-refractivity contribution < 1.29 is 14.7 Å². The van der Waals surface area contributed by atoms with Crippen LogP contribution in [0.3, 0.4) is 0 Å². The van der Waals surface area contributed by atoms with Gasteiger partial charge in [-0.15, -0.1) is 0 Å². The Kier molecular flexibility index (Phi) is 6.07. The van der Waals surface area contributed by atoms with Crippen LogP contribution in [-0.4, -0.2) is 66.1 Å². The Bertz CT molecular complexity index is 288. The molecule has 0 aromatic heterocycles. The molecular weight excluding hydrogens is 234 g/mol. The monoisotopic (exact) mass is 257 g/mol. The van der Waals surface area contributed by atoms with Gasteiger partial charge in [0.1, 0.15) is 0 Å². The molecule has 3 N–H and O–H groups in total. The third kappa shape index (κ3) is 4.27. The Labute approximate surface area is 108 Å². The number of amides is 1. The van der Waals surface area contributed by atoms with E-state index in [1.165, 1.54) is 0 Å². The molecular formula is C12H23N3O3. The summed E-state index contributed by atoms with van der Waals surface area (Å²) in [6, 6.07) is 0. The smallest absolute Gasteiger partial charge is 0.317 e. The Morgan fingerprint density at radius 2 is 1.89 bits per heavy atom. The molecule has 1 aliphatic rings. The topological polar surface area (TPSA) is 86.9 Å². The molecule has 0 radical (unpaired) electrons. The highest BCUT2D eigenvalue weighted by atomic mass is 16.4. The summed E-state index contributed by atoms with van der Waals surface area (Å²) in [6.07, 6.45) is 1.78. The van der Waals surface area contributed by atoms with Crippen molar-refractivity contribution in [3.8, 4) is 0 Å². The van der Waals surface area contributed by atoms with E-state index in [4.69, 9.17) is 10.8 Å². The summed E-state index contributed by atoms with van der Waals surface area (Å²) in [7, 11) is 0. The number of rotatable bonds is 6. The minimum Gasteiger partial charge on any atom is -0.480 e. The molecule has 6 nitrogen and oxygen atoms in total. The number of piperazine rings is 1. The molecule has 1 unspecified atom stereocenters. The van der Waals surface area contributed by atoms with Crippen LogP contribution in [0.25, 0.3) is 0 Å². The quantitative estimate of drug-likeness (QED) is 0.675. The maximum Gasteiger partial charge on any atom is 0.317 e. The Morgan fingerprint density at radius 1 is 1.28 bits per heavy atom. The lowest BCUT2D eigenvalue weighted by Gasteiger charge is -2.35. The number of carboxylic acid groups (broad SMARTS) is 1. The number of nitrogens with two attached hydrogens (primary N) is 1. The summed E-state index contributed by atoms with van der Waals surface area (Å²) >= 11 is 0. The molecule has 1 rings (SSSR count). The molecule has 0 aromatic rings. The van der Waals surface area contributed by atoms with Gasteiger partial charge in [-0.1, -0.05) is 13.3 Å². The van der Waals surface area contributed by atoms with Crippen LogP contribution in [0.1, 0.15) is 19.8 Å². The zero-order valence-corrected chi connectivity index (χ0v) is 11.0. The third-order valence-electron chi connectivity index (χ3n) is 3.31. The summed E-state index contributed by atoms with van der Waals surface area (Å²) in [4.78, 5) is 26.4. The molecule has 0 spiro atoms. The van der Waals surface area contributed by atoms with Crippen LogP contribution in [0.2, 0.25) is 0 Å². The average Bonchev–Trinajstić information content (AvgIpc) is 2.35. The van der Waals surface area contributed by atoms with E-state index < -0.39 is 5.97 Å². The first-order chi connectivity index (χ1) is 8.58. The van der Waals surface area contributed by atoms with Crippen molar-refractivity contribution in [1.82, 2.24) is 9.80 Å². The SMILES string of the molecule is CCCC(CN)C(=O)N1CCN(CC(=O)O)CC1. The van der Waals surface area contributed by atoms with Crippen LogP contribution >= 0.6 is 0 Å². The van der Waals surface area contributed by atoms with Crippen LogP contribution in [-0.2, 0) is 9.59 Å². The third-order valence-corrected chi connectivity index (χ3v) is 3.31. The van der Waals surface area contributed by atoms with Crippen LogP contribution in [0.4, 0.5) is 0 Å². The van der Waals surface area contributed by atoms with Crippen molar-refractivity contribution in [1.29, 1.82) is 0 Å². The van der Waals surface area contributed by atoms with Crippen LogP contribution < -0.4 is 5.73 Å². The Morgan fingerprint density at radius 3 is 2.33 bits per heavy atom. The molecule has 6 heteroatoms. The highest BCUT2D eigenvalue weighted by Gasteiger charge is 2.26. The molecule has 0 saturated carbocycles. The molecule has 104 valence electrons. The molecule has 1 fully saturated rings. The zero-order valence-electron chi connectivity index (χ0n) is 11.0. The number of carbonyl (C=O) groups is 2. The summed E-state index contributed by atoms with van der Waals surface area (Å²) < 4.78 is 0. The standard InChI is InChI=1S/C12H23N3O3/c1-2-3-10(8-13)12(18)15-6-4-14(5-7-15)9-11(16)17/h10H,2-9,13H2,1H3,(H,16,17). The van der Waals surface area contributed by atoms with Crippen molar-refractivity contribution >= 4 is 11.9 Å². The van der Waals surface area contributed by atoms with E-state index in [1.807, 2.05) is 16.7 Å². The lowest BCUT2D eigenvalue weighted by Crippen LogP contribution is -2.52.